The van der Waals surface area contributed by atoms with E-state index < -0.39 is 0 Å². The maximum Gasteiger partial charge on any atom is 0.0679 e. The van der Waals surface area contributed by atoms with Crippen molar-refractivity contribution in [1.29, 1.82) is 0 Å². The van der Waals surface area contributed by atoms with E-state index in [1.807, 2.05) is 11.8 Å². The zero-order chi connectivity index (χ0) is 33.8. The molecule has 1 aliphatic heterocycles. The molecule has 0 N–H and O–H groups in total. The number of anilines is 3. The fourth-order valence-corrected chi connectivity index (χ4v) is 10.0. The van der Waals surface area contributed by atoms with Gasteiger partial charge in [0.25, 0.3) is 0 Å². The molecule has 0 bridgehead atoms. The van der Waals surface area contributed by atoms with E-state index in [1.54, 1.807) is 0 Å². The van der Waals surface area contributed by atoms with Crippen LogP contribution in [0.2, 0.25) is 0 Å². The summed E-state index contributed by atoms with van der Waals surface area (Å²) in [6, 6.07) is 61.1. The first-order chi connectivity index (χ1) is 25.0. The van der Waals surface area contributed by atoms with Gasteiger partial charge in [-0.1, -0.05) is 153 Å². The Kier molecular flexibility index (Phi) is 6.01. The number of hydrogen-bond acceptors (Lipinski definition) is 2. The van der Waals surface area contributed by atoms with Crippen molar-refractivity contribution in [3.63, 3.8) is 0 Å². The molecule has 0 fully saturated rings. The van der Waals surface area contributed by atoms with Gasteiger partial charge in [0.15, 0.2) is 0 Å². The quantitative estimate of drug-likeness (QED) is 0.169. The largest absolute Gasteiger partial charge is 0.308 e. The summed E-state index contributed by atoms with van der Waals surface area (Å²) in [6.07, 6.45) is 0. The van der Waals surface area contributed by atoms with Crippen LogP contribution in [0.5, 0.6) is 0 Å². The molecule has 2 aliphatic rings. The van der Waals surface area contributed by atoms with Crippen LogP contribution in [-0.4, -0.2) is 0 Å². The summed E-state index contributed by atoms with van der Waals surface area (Å²) >= 11 is 1.90. The second kappa shape index (κ2) is 10.6. The van der Waals surface area contributed by atoms with Gasteiger partial charge in [-0.15, -0.1) is 0 Å². The molecular formula is C49H33NS. The Morgan fingerprint density at radius 2 is 1.04 bits per heavy atom. The van der Waals surface area contributed by atoms with E-state index in [4.69, 9.17) is 0 Å². The summed E-state index contributed by atoms with van der Waals surface area (Å²) in [5.41, 5.74) is 11.6. The summed E-state index contributed by atoms with van der Waals surface area (Å²) in [7, 11) is 0. The van der Waals surface area contributed by atoms with Crippen LogP contribution in [0.1, 0.15) is 25.0 Å². The SMILES string of the molecule is CC1(C)c2ccccc2-c2cc3c(cc21)N(c1ccc(-c2ccc4c5ccccc5c5ccccc5c4c2)cc1)c1c(ccc2ccccc12)S3. The average molecular weight is 668 g/mol. The van der Waals surface area contributed by atoms with E-state index in [2.05, 4.69) is 183 Å². The highest BCUT2D eigenvalue weighted by Gasteiger charge is 2.38. The van der Waals surface area contributed by atoms with E-state index in [-0.39, 0.29) is 5.41 Å². The van der Waals surface area contributed by atoms with Crippen LogP contribution in [0.25, 0.3) is 65.3 Å². The molecule has 2 heteroatoms. The lowest BCUT2D eigenvalue weighted by atomic mass is 9.82. The normalized spacial score (nSPS) is 14.1. The maximum absolute atomic E-state index is 2.52. The van der Waals surface area contributed by atoms with Gasteiger partial charge in [-0.25, -0.2) is 0 Å². The Bertz CT molecular complexity index is 2880. The van der Waals surface area contributed by atoms with E-state index in [0.29, 0.717) is 0 Å². The van der Waals surface area contributed by atoms with Gasteiger partial charge in [0.2, 0.25) is 0 Å². The Balaban J connectivity index is 1.09. The molecule has 0 amide bonds. The summed E-state index contributed by atoms with van der Waals surface area (Å²) in [4.78, 5) is 5.10. The van der Waals surface area contributed by atoms with Crippen molar-refractivity contribution in [1.82, 2.24) is 0 Å². The molecule has 1 aliphatic carbocycles. The van der Waals surface area contributed by atoms with Crippen LogP contribution in [0.3, 0.4) is 0 Å². The molecule has 11 rings (SSSR count). The van der Waals surface area contributed by atoms with Crippen molar-refractivity contribution in [2.75, 3.05) is 4.90 Å². The topological polar surface area (TPSA) is 3.24 Å². The molecular weight excluding hydrogens is 635 g/mol. The fraction of sp³-hybridized carbons (Fsp3) is 0.0612. The van der Waals surface area contributed by atoms with Gasteiger partial charge in [0.05, 0.1) is 11.4 Å². The smallest absolute Gasteiger partial charge is 0.0679 e. The van der Waals surface area contributed by atoms with Gasteiger partial charge >= 0.3 is 0 Å². The summed E-state index contributed by atoms with van der Waals surface area (Å²) in [5.74, 6) is 0. The summed E-state index contributed by atoms with van der Waals surface area (Å²) < 4.78 is 0. The van der Waals surface area contributed by atoms with Crippen molar-refractivity contribution in [3.8, 4) is 22.3 Å². The van der Waals surface area contributed by atoms with E-state index in [9.17, 15) is 0 Å². The maximum atomic E-state index is 2.52. The van der Waals surface area contributed by atoms with Crippen molar-refractivity contribution < 1.29 is 0 Å². The zero-order valence-corrected chi connectivity index (χ0v) is 29.3. The predicted molar refractivity (Wildman–Crippen MR) is 218 cm³/mol. The van der Waals surface area contributed by atoms with Gasteiger partial charge in [0.1, 0.15) is 0 Å². The lowest BCUT2D eigenvalue weighted by molar-refractivity contribution is 0.660. The third-order valence-corrected chi connectivity index (χ3v) is 12.5. The third kappa shape index (κ3) is 4.11. The number of benzene rings is 9. The van der Waals surface area contributed by atoms with Gasteiger partial charge in [0, 0.05) is 26.3 Å². The van der Waals surface area contributed by atoms with Crippen molar-refractivity contribution in [3.05, 3.63) is 175 Å². The minimum Gasteiger partial charge on any atom is -0.308 e. The lowest BCUT2D eigenvalue weighted by Gasteiger charge is -2.35. The van der Waals surface area contributed by atoms with Gasteiger partial charge in [-0.05, 0) is 107 Å². The molecule has 0 saturated heterocycles. The minimum absolute atomic E-state index is 0.0776. The molecule has 0 aromatic heterocycles. The Labute approximate surface area is 301 Å². The molecule has 1 heterocycles. The van der Waals surface area contributed by atoms with Crippen molar-refractivity contribution in [2.24, 2.45) is 0 Å². The van der Waals surface area contributed by atoms with E-state index in [1.165, 1.54) is 103 Å². The second-order valence-electron chi connectivity index (χ2n) is 14.5. The minimum atomic E-state index is -0.0776. The van der Waals surface area contributed by atoms with Gasteiger partial charge in [-0.2, -0.15) is 0 Å². The van der Waals surface area contributed by atoms with Crippen molar-refractivity contribution in [2.45, 2.75) is 29.1 Å². The predicted octanol–water partition coefficient (Wildman–Crippen LogP) is 14.2. The third-order valence-electron chi connectivity index (χ3n) is 11.4. The summed E-state index contributed by atoms with van der Waals surface area (Å²) in [6.45, 7) is 4.75. The highest BCUT2D eigenvalue weighted by Crippen LogP contribution is 2.58. The zero-order valence-electron chi connectivity index (χ0n) is 28.4. The van der Waals surface area contributed by atoms with Crippen LogP contribution >= 0.6 is 11.8 Å². The number of rotatable bonds is 2. The lowest BCUT2D eigenvalue weighted by Crippen LogP contribution is -2.19. The molecule has 0 atom stereocenters. The van der Waals surface area contributed by atoms with E-state index >= 15 is 0 Å². The highest BCUT2D eigenvalue weighted by molar-refractivity contribution is 7.99. The van der Waals surface area contributed by atoms with Crippen LogP contribution in [0, 0.1) is 0 Å². The fourth-order valence-electron chi connectivity index (χ4n) is 8.92. The highest BCUT2D eigenvalue weighted by atomic mass is 32.2. The van der Waals surface area contributed by atoms with E-state index in [0.717, 1.165) is 0 Å². The van der Waals surface area contributed by atoms with Crippen LogP contribution in [0.15, 0.2) is 174 Å². The molecule has 240 valence electrons. The van der Waals surface area contributed by atoms with Crippen molar-refractivity contribution >= 4 is 71.9 Å². The van der Waals surface area contributed by atoms with Crippen LogP contribution in [0.4, 0.5) is 17.1 Å². The number of fused-ring (bicyclic) bond motifs is 13. The Morgan fingerprint density at radius 3 is 1.78 bits per heavy atom. The average Bonchev–Trinajstić information content (AvgIpc) is 3.41. The monoisotopic (exact) mass is 667 g/mol. The molecule has 0 saturated carbocycles. The summed E-state index contributed by atoms with van der Waals surface area (Å²) in [5, 5.41) is 10.3. The molecule has 0 unspecified atom stereocenters. The molecule has 51 heavy (non-hydrogen) atoms. The molecule has 9 aromatic rings. The molecule has 9 aromatic carbocycles. The van der Waals surface area contributed by atoms with Gasteiger partial charge < -0.3 is 4.90 Å². The molecule has 1 nitrogen and oxygen atoms in total. The first kappa shape index (κ1) is 29.0. The Morgan fingerprint density at radius 1 is 0.431 bits per heavy atom. The molecule has 0 radical (unpaired) electrons. The Hall–Kier alpha value is -5.83. The van der Waals surface area contributed by atoms with Gasteiger partial charge in [-0.3, -0.25) is 0 Å². The standard InChI is InChI=1S/C49H33NS/c1-49(2)43-18-10-9-17-40(43)42-28-47-45(29-44(42)49)50(48-34-12-4-3-11-31(34)22-26-46(48)51-47)33-23-19-30(20-24-33)32-21-25-39-37-15-6-5-13-35(37)36-14-7-8-16-38(36)41(39)27-32/h3-29H,1-2H3. The number of nitrogens with zero attached hydrogens (tertiary/aromatic N) is 1. The van der Waals surface area contributed by atoms with Crippen LogP contribution in [-0.2, 0) is 5.41 Å². The molecule has 0 spiro atoms. The number of hydrogen-bond donors (Lipinski definition) is 0. The van der Waals surface area contributed by atoms with Crippen LogP contribution < -0.4 is 4.90 Å². The first-order valence-electron chi connectivity index (χ1n) is 17.8. The first-order valence-corrected chi connectivity index (χ1v) is 18.6. The second-order valence-corrected chi connectivity index (χ2v) is 15.6.